The fourth-order valence-corrected chi connectivity index (χ4v) is 2.40. The molecule has 1 rings (SSSR count). The number of carbonyl (C=O) groups is 3. The summed E-state index contributed by atoms with van der Waals surface area (Å²) in [5.41, 5.74) is 6.11. The average Bonchev–Trinajstić information content (AvgIpc) is 2.60. The maximum atomic E-state index is 12.6. The lowest BCUT2D eigenvalue weighted by atomic mass is 10.0. The molecule has 0 aliphatic carbocycles. The topological polar surface area (TPSA) is 162 Å². The lowest BCUT2D eigenvalue weighted by Crippen LogP contribution is -2.56. The second kappa shape index (κ2) is 10.5. The van der Waals surface area contributed by atoms with E-state index in [2.05, 4.69) is 10.6 Å². The first kappa shape index (κ1) is 22.4. The highest BCUT2D eigenvalue weighted by atomic mass is 16.4. The van der Waals surface area contributed by atoms with Crippen molar-refractivity contribution in [1.29, 1.82) is 0 Å². The van der Waals surface area contributed by atoms with E-state index in [1.807, 2.05) is 13.8 Å². The molecule has 0 bridgehead atoms. The van der Waals surface area contributed by atoms with Crippen LogP contribution in [-0.4, -0.2) is 57.8 Å². The lowest BCUT2D eigenvalue weighted by molar-refractivity contribution is -0.142. The second-order valence-corrected chi connectivity index (χ2v) is 6.75. The summed E-state index contributed by atoms with van der Waals surface area (Å²) in [6.07, 6.45) is 0.293. The first-order valence-corrected chi connectivity index (χ1v) is 8.62. The Kier molecular flexibility index (Phi) is 8.70. The highest BCUT2D eigenvalue weighted by Crippen LogP contribution is 2.12. The van der Waals surface area contributed by atoms with Crippen molar-refractivity contribution < 1.29 is 29.7 Å². The second-order valence-electron chi connectivity index (χ2n) is 6.75. The summed E-state index contributed by atoms with van der Waals surface area (Å²) in [6.45, 7) is 3.07. The Hall–Kier alpha value is -2.65. The summed E-state index contributed by atoms with van der Waals surface area (Å²) in [4.78, 5) is 36.0. The number of benzene rings is 1. The van der Waals surface area contributed by atoms with Crippen molar-refractivity contribution in [3.05, 3.63) is 29.8 Å². The molecule has 0 radical (unpaired) electrons. The number of phenols is 1. The van der Waals surface area contributed by atoms with Crippen molar-refractivity contribution in [2.75, 3.05) is 6.61 Å². The molecule has 9 nitrogen and oxygen atoms in total. The predicted octanol–water partition coefficient (Wildman–Crippen LogP) is -0.645. The van der Waals surface area contributed by atoms with Gasteiger partial charge < -0.3 is 31.7 Å². The number of carboxylic acid groups (broad SMARTS) is 1. The Balaban J connectivity index is 2.96. The third-order valence-electron chi connectivity index (χ3n) is 3.86. The molecule has 0 aliphatic heterocycles. The minimum absolute atomic E-state index is 0.0411. The van der Waals surface area contributed by atoms with Gasteiger partial charge in [-0.25, -0.2) is 4.79 Å². The average molecular weight is 381 g/mol. The van der Waals surface area contributed by atoms with Crippen LogP contribution in [0.5, 0.6) is 5.75 Å². The minimum Gasteiger partial charge on any atom is -0.508 e. The fraction of sp³-hybridized carbons (Fsp3) is 0.500. The Morgan fingerprint density at radius 2 is 1.59 bits per heavy atom. The SMILES string of the molecule is CC(C)C[C@H](NC(=O)[C@H](Cc1ccc(O)cc1)NC(=O)[C@@H](N)CO)C(=O)O. The van der Waals surface area contributed by atoms with E-state index in [1.54, 1.807) is 12.1 Å². The van der Waals surface area contributed by atoms with Gasteiger partial charge in [-0.3, -0.25) is 9.59 Å². The van der Waals surface area contributed by atoms with Crippen LogP contribution in [0.25, 0.3) is 0 Å². The van der Waals surface area contributed by atoms with Gasteiger partial charge in [0.15, 0.2) is 0 Å². The van der Waals surface area contributed by atoms with E-state index in [4.69, 9.17) is 10.8 Å². The lowest BCUT2D eigenvalue weighted by Gasteiger charge is -2.23. The summed E-state index contributed by atoms with van der Waals surface area (Å²) in [5, 5.41) is 32.5. The van der Waals surface area contributed by atoms with Crippen LogP contribution in [0.3, 0.4) is 0 Å². The monoisotopic (exact) mass is 381 g/mol. The molecule has 3 atom stereocenters. The van der Waals surface area contributed by atoms with Crippen LogP contribution < -0.4 is 16.4 Å². The molecule has 0 heterocycles. The molecule has 1 aromatic carbocycles. The normalized spacial score (nSPS) is 14.3. The number of amides is 2. The van der Waals surface area contributed by atoms with Gasteiger partial charge in [-0.05, 0) is 30.0 Å². The van der Waals surface area contributed by atoms with Crippen molar-refractivity contribution in [2.45, 2.75) is 44.8 Å². The third kappa shape index (κ3) is 7.63. The zero-order valence-electron chi connectivity index (χ0n) is 15.4. The number of phenolic OH excluding ortho intramolecular Hbond substituents is 1. The maximum absolute atomic E-state index is 12.6. The van der Waals surface area contributed by atoms with Gasteiger partial charge in [0.1, 0.15) is 23.9 Å². The summed E-state index contributed by atoms with van der Waals surface area (Å²) >= 11 is 0. The summed E-state index contributed by atoms with van der Waals surface area (Å²) < 4.78 is 0. The summed E-state index contributed by atoms with van der Waals surface area (Å²) in [5.74, 6) is -2.48. The van der Waals surface area contributed by atoms with Gasteiger partial charge >= 0.3 is 5.97 Å². The number of nitrogens with two attached hydrogens (primary N) is 1. The first-order chi connectivity index (χ1) is 12.6. The Morgan fingerprint density at radius 3 is 2.07 bits per heavy atom. The Labute approximate surface area is 157 Å². The molecule has 0 saturated heterocycles. The number of nitrogens with one attached hydrogen (secondary N) is 2. The van der Waals surface area contributed by atoms with Crippen LogP contribution in [-0.2, 0) is 20.8 Å². The summed E-state index contributed by atoms with van der Waals surface area (Å²) in [7, 11) is 0. The zero-order chi connectivity index (χ0) is 20.6. The van der Waals surface area contributed by atoms with E-state index in [9.17, 15) is 24.6 Å². The number of carbonyl (C=O) groups excluding carboxylic acids is 2. The van der Waals surface area contributed by atoms with Crippen molar-refractivity contribution in [1.82, 2.24) is 10.6 Å². The first-order valence-electron chi connectivity index (χ1n) is 8.62. The zero-order valence-corrected chi connectivity index (χ0v) is 15.4. The van der Waals surface area contributed by atoms with Crippen molar-refractivity contribution in [3.8, 4) is 5.75 Å². The molecule has 0 spiro atoms. The van der Waals surface area contributed by atoms with E-state index < -0.39 is 42.5 Å². The quantitative estimate of drug-likeness (QED) is 0.314. The van der Waals surface area contributed by atoms with Gasteiger partial charge in [-0.2, -0.15) is 0 Å². The van der Waals surface area contributed by atoms with Gasteiger partial charge in [0.05, 0.1) is 6.61 Å². The van der Waals surface area contributed by atoms with E-state index >= 15 is 0 Å². The molecule has 7 N–H and O–H groups in total. The van der Waals surface area contributed by atoms with Crippen LogP contribution in [0.1, 0.15) is 25.8 Å². The van der Waals surface area contributed by atoms with Crippen molar-refractivity contribution in [3.63, 3.8) is 0 Å². The summed E-state index contributed by atoms with van der Waals surface area (Å²) in [6, 6.07) is 2.64. The van der Waals surface area contributed by atoms with Gasteiger partial charge in [0, 0.05) is 6.42 Å². The molecule has 27 heavy (non-hydrogen) atoms. The van der Waals surface area contributed by atoms with E-state index in [0.717, 1.165) is 0 Å². The minimum atomic E-state index is -1.20. The molecule has 150 valence electrons. The smallest absolute Gasteiger partial charge is 0.326 e. The van der Waals surface area contributed by atoms with E-state index in [0.29, 0.717) is 5.56 Å². The highest BCUT2D eigenvalue weighted by molar-refractivity contribution is 5.92. The molecular formula is C18H27N3O6. The van der Waals surface area contributed by atoms with Crippen LogP contribution in [0.2, 0.25) is 0 Å². The molecule has 2 amide bonds. The van der Waals surface area contributed by atoms with Crippen LogP contribution in [0.15, 0.2) is 24.3 Å². The number of aliphatic hydroxyl groups excluding tert-OH is 1. The van der Waals surface area contributed by atoms with Crippen molar-refractivity contribution in [2.24, 2.45) is 11.7 Å². The predicted molar refractivity (Wildman–Crippen MR) is 97.8 cm³/mol. The highest BCUT2D eigenvalue weighted by Gasteiger charge is 2.28. The van der Waals surface area contributed by atoms with Crippen LogP contribution >= 0.6 is 0 Å². The van der Waals surface area contributed by atoms with Gasteiger partial charge in [-0.15, -0.1) is 0 Å². The molecule has 0 aromatic heterocycles. The van der Waals surface area contributed by atoms with Crippen LogP contribution in [0.4, 0.5) is 0 Å². The fourth-order valence-electron chi connectivity index (χ4n) is 2.40. The molecule has 0 aliphatic rings. The van der Waals surface area contributed by atoms with Gasteiger partial charge in [0.25, 0.3) is 0 Å². The maximum Gasteiger partial charge on any atom is 0.326 e. The van der Waals surface area contributed by atoms with E-state index in [1.165, 1.54) is 12.1 Å². The van der Waals surface area contributed by atoms with Gasteiger partial charge in [-0.1, -0.05) is 26.0 Å². The number of rotatable bonds is 10. The molecule has 0 unspecified atom stereocenters. The molecule has 0 fully saturated rings. The number of aliphatic hydroxyl groups is 1. The Bertz CT molecular complexity index is 647. The standard InChI is InChI=1S/C18H27N3O6/c1-10(2)7-15(18(26)27)21-17(25)14(20-16(24)13(19)9-22)8-11-3-5-12(23)6-4-11/h3-6,10,13-15,22-23H,7-9,19H2,1-2H3,(H,20,24)(H,21,25)(H,26,27)/t13-,14-,15-/m0/s1. The number of carboxylic acids is 1. The van der Waals surface area contributed by atoms with Crippen molar-refractivity contribution >= 4 is 17.8 Å². The number of aromatic hydroxyl groups is 1. The number of aliphatic carboxylic acids is 1. The molecule has 0 saturated carbocycles. The molecular weight excluding hydrogens is 354 g/mol. The van der Waals surface area contributed by atoms with Crippen LogP contribution in [0, 0.1) is 5.92 Å². The van der Waals surface area contributed by atoms with Gasteiger partial charge in [0.2, 0.25) is 11.8 Å². The largest absolute Gasteiger partial charge is 0.508 e. The number of hydrogen-bond acceptors (Lipinski definition) is 6. The molecule has 9 heteroatoms. The molecule has 1 aromatic rings. The Morgan fingerprint density at radius 1 is 1.04 bits per heavy atom. The third-order valence-corrected chi connectivity index (χ3v) is 3.86. The number of hydrogen-bond donors (Lipinski definition) is 6. The van der Waals surface area contributed by atoms with E-state index in [-0.39, 0.29) is 24.5 Å².